The molecule has 9 nitrogen and oxygen atoms in total. The SMILES string of the molecule is C=C/C=C(Nc1cc(Nc2cc(C)c(F)cn2)ncc1C(=O)NC)\C(OC)=C(/C)c1ccn(C)n1. The van der Waals surface area contributed by atoms with E-state index in [2.05, 4.69) is 37.6 Å². The second-order valence-electron chi connectivity index (χ2n) is 7.61. The molecular formula is C25H28FN7O2. The first-order valence-corrected chi connectivity index (χ1v) is 10.7. The Kier molecular flexibility index (Phi) is 7.98. The Morgan fingerprint density at radius 1 is 1.23 bits per heavy atom. The van der Waals surface area contributed by atoms with E-state index in [1.54, 1.807) is 43.0 Å². The fraction of sp³-hybridized carbons (Fsp3) is 0.200. The first kappa shape index (κ1) is 25.2. The summed E-state index contributed by atoms with van der Waals surface area (Å²) in [5, 5.41) is 13.4. The number of rotatable bonds is 9. The van der Waals surface area contributed by atoms with Gasteiger partial charge in [0.05, 0.1) is 35.9 Å². The van der Waals surface area contributed by atoms with Crippen LogP contribution in [0.25, 0.3) is 5.57 Å². The fourth-order valence-corrected chi connectivity index (χ4v) is 3.32. The van der Waals surface area contributed by atoms with Crippen LogP contribution in [-0.4, -0.2) is 39.8 Å². The number of ether oxygens (including phenoxy) is 1. The molecule has 0 aliphatic rings. The molecule has 0 spiro atoms. The Hall–Kier alpha value is -4.47. The van der Waals surface area contributed by atoms with Crippen LogP contribution in [0.2, 0.25) is 0 Å². The first-order chi connectivity index (χ1) is 16.8. The van der Waals surface area contributed by atoms with Gasteiger partial charge in [0, 0.05) is 38.1 Å². The lowest BCUT2D eigenvalue weighted by Gasteiger charge is -2.18. The summed E-state index contributed by atoms with van der Waals surface area (Å²) in [4.78, 5) is 20.9. The Bertz CT molecular complexity index is 1310. The van der Waals surface area contributed by atoms with Crippen molar-refractivity contribution in [3.8, 4) is 0 Å². The zero-order valence-electron chi connectivity index (χ0n) is 20.3. The van der Waals surface area contributed by atoms with E-state index in [0.717, 1.165) is 17.5 Å². The number of nitrogens with one attached hydrogen (secondary N) is 3. The van der Waals surface area contributed by atoms with Crippen molar-refractivity contribution < 1.29 is 13.9 Å². The standard InChI is InChI=1S/C25H28FN7O2/c1-7-8-20(24(35-6)16(3)19-9-10-33(5)32-19)30-21-12-23(28-13-17(21)25(34)27-4)31-22-11-15(2)18(26)14-29-22/h7-14H,1H2,2-6H3,(H,27,34)(H2,28,29,30,31)/b20-8+,24-16-. The number of hydrogen-bond donors (Lipinski definition) is 3. The van der Waals surface area contributed by atoms with Gasteiger partial charge in [0.1, 0.15) is 23.2 Å². The quantitative estimate of drug-likeness (QED) is 0.311. The van der Waals surface area contributed by atoms with Crippen molar-refractivity contribution in [1.29, 1.82) is 0 Å². The van der Waals surface area contributed by atoms with Crippen LogP contribution >= 0.6 is 0 Å². The summed E-state index contributed by atoms with van der Waals surface area (Å²) < 4.78 is 21.0. The monoisotopic (exact) mass is 477 g/mol. The minimum atomic E-state index is -0.401. The van der Waals surface area contributed by atoms with Crippen molar-refractivity contribution in [2.45, 2.75) is 13.8 Å². The van der Waals surface area contributed by atoms with Crippen LogP contribution in [0.15, 0.2) is 67.0 Å². The number of aromatic nitrogens is 4. The molecule has 0 atom stereocenters. The average Bonchev–Trinajstić information content (AvgIpc) is 3.28. The van der Waals surface area contributed by atoms with Crippen LogP contribution < -0.4 is 16.0 Å². The lowest BCUT2D eigenvalue weighted by molar-refractivity contribution is 0.0963. The number of halogens is 1. The van der Waals surface area contributed by atoms with Gasteiger partial charge in [-0.3, -0.25) is 9.48 Å². The fourth-order valence-electron chi connectivity index (χ4n) is 3.32. The molecule has 3 heterocycles. The number of pyridine rings is 2. The van der Waals surface area contributed by atoms with E-state index in [9.17, 15) is 9.18 Å². The van der Waals surface area contributed by atoms with Gasteiger partial charge < -0.3 is 20.7 Å². The number of nitrogens with zero attached hydrogens (tertiary/aromatic N) is 4. The maximum atomic E-state index is 13.6. The second kappa shape index (κ2) is 11.1. The number of allylic oxidation sites excluding steroid dienone is 3. The lowest BCUT2D eigenvalue weighted by atomic mass is 10.1. The molecule has 0 saturated carbocycles. The summed E-state index contributed by atoms with van der Waals surface area (Å²) in [6, 6.07) is 5.11. The third-order valence-corrected chi connectivity index (χ3v) is 5.12. The normalized spacial score (nSPS) is 12.0. The van der Waals surface area contributed by atoms with Crippen LogP contribution in [0.4, 0.5) is 21.7 Å². The van der Waals surface area contributed by atoms with Gasteiger partial charge in [0.15, 0.2) is 0 Å². The highest BCUT2D eigenvalue weighted by Gasteiger charge is 2.18. The molecule has 0 aliphatic carbocycles. The molecule has 3 aromatic heterocycles. The van der Waals surface area contributed by atoms with Crippen LogP contribution in [0, 0.1) is 12.7 Å². The molecule has 0 radical (unpaired) electrons. The van der Waals surface area contributed by atoms with E-state index in [4.69, 9.17) is 4.74 Å². The molecule has 3 rings (SSSR count). The molecule has 35 heavy (non-hydrogen) atoms. The molecule has 10 heteroatoms. The molecule has 0 unspecified atom stereocenters. The van der Waals surface area contributed by atoms with Gasteiger partial charge in [0.2, 0.25) is 0 Å². The number of methoxy groups -OCH3 is 1. The Labute approximate surface area is 203 Å². The van der Waals surface area contributed by atoms with Crippen molar-refractivity contribution in [3.05, 3.63) is 89.6 Å². The summed E-state index contributed by atoms with van der Waals surface area (Å²) in [7, 11) is 4.93. The predicted octanol–water partition coefficient (Wildman–Crippen LogP) is 4.32. The molecular weight excluding hydrogens is 449 g/mol. The van der Waals surface area contributed by atoms with Crippen molar-refractivity contribution in [2.24, 2.45) is 7.05 Å². The van der Waals surface area contributed by atoms with Crippen LogP contribution in [-0.2, 0) is 11.8 Å². The number of aryl methyl sites for hydroxylation is 2. The maximum Gasteiger partial charge on any atom is 0.254 e. The first-order valence-electron chi connectivity index (χ1n) is 10.7. The molecule has 0 aromatic carbocycles. The molecule has 182 valence electrons. The zero-order chi connectivity index (χ0) is 25.5. The minimum Gasteiger partial charge on any atom is -0.494 e. The van der Waals surface area contributed by atoms with E-state index in [1.807, 2.05) is 26.2 Å². The number of anilines is 3. The highest BCUT2D eigenvalue weighted by Crippen LogP contribution is 2.28. The molecule has 0 aliphatic heterocycles. The van der Waals surface area contributed by atoms with Gasteiger partial charge in [-0.1, -0.05) is 12.7 Å². The lowest BCUT2D eigenvalue weighted by Crippen LogP contribution is -2.20. The third-order valence-electron chi connectivity index (χ3n) is 5.12. The molecule has 1 amide bonds. The van der Waals surface area contributed by atoms with Gasteiger partial charge in [-0.15, -0.1) is 0 Å². The number of amides is 1. The van der Waals surface area contributed by atoms with Crippen LogP contribution in [0.5, 0.6) is 0 Å². The maximum absolute atomic E-state index is 13.6. The molecule has 3 aromatic rings. The van der Waals surface area contributed by atoms with E-state index < -0.39 is 5.82 Å². The summed E-state index contributed by atoms with van der Waals surface area (Å²) in [5.41, 5.74) is 3.29. The topological polar surface area (TPSA) is 106 Å². The van der Waals surface area contributed by atoms with Gasteiger partial charge >= 0.3 is 0 Å². The highest BCUT2D eigenvalue weighted by atomic mass is 19.1. The number of carbonyl (C=O) groups excluding carboxylic acids is 1. The summed E-state index contributed by atoms with van der Waals surface area (Å²) in [5.74, 6) is 0.613. The zero-order valence-corrected chi connectivity index (χ0v) is 20.3. The smallest absolute Gasteiger partial charge is 0.254 e. The molecule has 0 bridgehead atoms. The van der Waals surface area contributed by atoms with E-state index in [0.29, 0.717) is 39.9 Å². The van der Waals surface area contributed by atoms with Crippen molar-refractivity contribution in [1.82, 2.24) is 25.1 Å². The number of carbonyl (C=O) groups is 1. The Morgan fingerprint density at radius 2 is 1.94 bits per heavy atom. The number of hydrogen-bond acceptors (Lipinski definition) is 7. The van der Waals surface area contributed by atoms with E-state index in [-0.39, 0.29) is 5.91 Å². The Balaban J connectivity index is 2.04. The second-order valence-corrected chi connectivity index (χ2v) is 7.61. The van der Waals surface area contributed by atoms with Crippen LogP contribution in [0.1, 0.15) is 28.5 Å². The highest BCUT2D eigenvalue weighted by molar-refractivity contribution is 6.00. The van der Waals surface area contributed by atoms with Gasteiger partial charge in [-0.2, -0.15) is 5.10 Å². The minimum absolute atomic E-state index is 0.308. The Morgan fingerprint density at radius 3 is 2.54 bits per heavy atom. The summed E-state index contributed by atoms with van der Waals surface area (Å²) >= 11 is 0. The molecule has 3 N–H and O–H groups in total. The van der Waals surface area contributed by atoms with E-state index >= 15 is 0 Å². The average molecular weight is 478 g/mol. The van der Waals surface area contributed by atoms with Gasteiger partial charge in [-0.25, -0.2) is 14.4 Å². The summed E-state index contributed by atoms with van der Waals surface area (Å²) in [6.45, 7) is 7.34. The van der Waals surface area contributed by atoms with Gasteiger partial charge in [0.25, 0.3) is 5.91 Å². The van der Waals surface area contributed by atoms with Crippen molar-refractivity contribution in [3.63, 3.8) is 0 Å². The van der Waals surface area contributed by atoms with Crippen LogP contribution in [0.3, 0.4) is 0 Å². The third kappa shape index (κ3) is 5.91. The van der Waals surface area contributed by atoms with Gasteiger partial charge in [-0.05, 0) is 37.6 Å². The largest absolute Gasteiger partial charge is 0.494 e. The van der Waals surface area contributed by atoms with Crippen molar-refractivity contribution in [2.75, 3.05) is 24.8 Å². The molecule has 0 fully saturated rings. The van der Waals surface area contributed by atoms with E-state index in [1.165, 1.54) is 13.2 Å². The predicted molar refractivity (Wildman–Crippen MR) is 135 cm³/mol. The van der Waals surface area contributed by atoms with Crippen molar-refractivity contribution >= 4 is 28.8 Å². The molecule has 0 saturated heterocycles. The summed E-state index contributed by atoms with van der Waals surface area (Å²) in [6.07, 6.45) is 7.76.